The summed E-state index contributed by atoms with van der Waals surface area (Å²) in [5.74, 6) is -0.854. The number of ether oxygens (including phenoxy) is 1. The van der Waals surface area contributed by atoms with E-state index in [0.717, 1.165) is 37.4 Å². The van der Waals surface area contributed by atoms with Crippen LogP contribution in [-0.4, -0.2) is 53.5 Å². The molecular weight excluding hydrogens is 266 g/mol. The first-order chi connectivity index (χ1) is 9.19. The molecule has 1 aliphatic heterocycles. The first kappa shape index (κ1) is 14.5. The molecule has 0 bridgehead atoms. The Bertz CT molecular complexity index is 413. The maximum Gasteiger partial charge on any atom is 0.345 e. The van der Waals surface area contributed by atoms with Gasteiger partial charge in [-0.2, -0.15) is 0 Å². The Balaban J connectivity index is 1.77. The number of thiophene rings is 1. The zero-order valence-electron chi connectivity index (χ0n) is 10.7. The molecule has 1 fully saturated rings. The number of aliphatic hydroxyl groups is 1. The lowest BCUT2D eigenvalue weighted by Gasteiger charge is -2.31. The van der Waals surface area contributed by atoms with E-state index in [1.165, 1.54) is 11.3 Å². The fourth-order valence-corrected chi connectivity index (χ4v) is 3.14. The van der Waals surface area contributed by atoms with Crippen LogP contribution in [0.15, 0.2) is 12.1 Å². The van der Waals surface area contributed by atoms with E-state index >= 15 is 0 Å². The molecule has 0 atom stereocenters. The topological polar surface area (TPSA) is 70.0 Å². The minimum atomic E-state index is -0.854. The first-order valence-electron chi connectivity index (χ1n) is 6.46. The Morgan fingerprint density at radius 3 is 2.74 bits per heavy atom. The summed E-state index contributed by atoms with van der Waals surface area (Å²) >= 11 is 1.34. The molecule has 0 unspecified atom stereocenters. The van der Waals surface area contributed by atoms with Crippen molar-refractivity contribution in [3.63, 3.8) is 0 Å². The number of carboxylic acids is 1. The molecule has 0 amide bonds. The summed E-state index contributed by atoms with van der Waals surface area (Å²) in [5, 5.41) is 17.6. The summed E-state index contributed by atoms with van der Waals surface area (Å²) in [6.07, 6.45) is 2.19. The van der Waals surface area contributed by atoms with Crippen molar-refractivity contribution in [2.24, 2.45) is 0 Å². The van der Waals surface area contributed by atoms with Gasteiger partial charge in [0.15, 0.2) is 0 Å². The largest absolute Gasteiger partial charge is 0.477 e. The average molecular weight is 285 g/mol. The first-order valence-corrected chi connectivity index (χ1v) is 7.27. The van der Waals surface area contributed by atoms with Crippen LogP contribution in [0.25, 0.3) is 0 Å². The molecule has 2 heterocycles. The number of aliphatic hydroxyl groups excluding tert-OH is 1. The number of likely N-dealkylation sites (tertiary alicyclic amines) is 1. The molecule has 106 valence electrons. The van der Waals surface area contributed by atoms with Crippen LogP contribution < -0.4 is 0 Å². The number of piperidine rings is 1. The molecule has 6 heteroatoms. The smallest absolute Gasteiger partial charge is 0.345 e. The van der Waals surface area contributed by atoms with E-state index in [1.54, 1.807) is 6.07 Å². The SMILES string of the molecule is O=C(O)c1ccc(CN2CCC(OCCO)CC2)s1. The molecule has 1 aromatic heterocycles. The van der Waals surface area contributed by atoms with Crippen molar-refractivity contribution in [2.45, 2.75) is 25.5 Å². The molecule has 1 saturated heterocycles. The fraction of sp³-hybridized carbons (Fsp3) is 0.615. The van der Waals surface area contributed by atoms with Gasteiger partial charge in [0.1, 0.15) is 4.88 Å². The van der Waals surface area contributed by atoms with Crippen molar-refractivity contribution in [2.75, 3.05) is 26.3 Å². The molecule has 1 aromatic rings. The van der Waals surface area contributed by atoms with Gasteiger partial charge in [-0.25, -0.2) is 4.79 Å². The van der Waals surface area contributed by atoms with Gasteiger partial charge in [-0.1, -0.05) is 0 Å². The summed E-state index contributed by atoms with van der Waals surface area (Å²) < 4.78 is 5.51. The summed E-state index contributed by atoms with van der Waals surface area (Å²) in [7, 11) is 0. The Morgan fingerprint density at radius 1 is 1.42 bits per heavy atom. The Labute approximate surface area is 116 Å². The van der Waals surface area contributed by atoms with E-state index in [1.807, 2.05) is 6.07 Å². The van der Waals surface area contributed by atoms with E-state index < -0.39 is 5.97 Å². The van der Waals surface area contributed by atoms with E-state index in [0.29, 0.717) is 11.5 Å². The molecule has 2 N–H and O–H groups in total. The van der Waals surface area contributed by atoms with Gasteiger partial charge >= 0.3 is 5.97 Å². The molecule has 0 aliphatic carbocycles. The second-order valence-electron chi connectivity index (χ2n) is 4.64. The zero-order valence-corrected chi connectivity index (χ0v) is 11.6. The van der Waals surface area contributed by atoms with Crippen LogP contribution in [0.5, 0.6) is 0 Å². The molecule has 0 aromatic carbocycles. The number of carbonyl (C=O) groups is 1. The number of hydrogen-bond donors (Lipinski definition) is 2. The molecule has 1 aliphatic rings. The lowest BCUT2D eigenvalue weighted by atomic mass is 10.1. The van der Waals surface area contributed by atoms with Crippen molar-refractivity contribution >= 4 is 17.3 Å². The standard InChI is InChI=1S/C13H19NO4S/c15-7-8-18-10-3-5-14(6-4-10)9-11-1-2-12(19-11)13(16)17/h1-2,10,15H,3-9H2,(H,16,17). The van der Waals surface area contributed by atoms with Crippen molar-refractivity contribution in [1.29, 1.82) is 0 Å². The Hall–Kier alpha value is -0.950. The highest BCUT2D eigenvalue weighted by Gasteiger charge is 2.20. The van der Waals surface area contributed by atoms with Crippen LogP contribution in [0, 0.1) is 0 Å². The quantitative estimate of drug-likeness (QED) is 0.827. The molecule has 2 rings (SSSR count). The Morgan fingerprint density at radius 2 is 2.16 bits per heavy atom. The lowest BCUT2D eigenvalue weighted by Crippen LogP contribution is -2.36. The van der Waals surface area contributed by atoms with Gasteiger partial charge in [-0.3, -0.25) is 4.90 Å². The summed E-state index contributed by atoms with van der Waals surface area (Å²) in [4.78, 5) is 14.6. The van der Waals surface area contributed by atoms with E-state index in [-0.39, 0.29) is 12.7 Å². The molecule has 0 radical (unpaired) electrons. The van der Waals surface area contributed by atoms with Gasteiger partial charge in [0.2, 0.25) is 0 Å². The number of rotatable bonds is 6. The number of hydrogen-bond acceptors (Lipinski definition) is 5. The van der Waals surface area contributed by atoms with Gasteiger partial charge in [0, 0.05) is 24.5 Å². The van der Waals surface area contributed by atoms with E-state index in [9.17, 15) is 4.79 Å². The number of nitrogens with zero attached hydrogens (tertiary/aromatic N) is 1. The summed E-state index contributed by atoms with van der Waals surface area (Å²) in [6.45, 7) is 3.21. The Kier molecular flexibility index (Phi) is 5.33. The maximum absolute atomic E-state index is 10.8. The summed E-state index contributed by atoms with van der Waals surface area (Å²) in [6, 6.07) is 3.56. The molecule has 0 spiro atoms. The zero-order chi connectivity index (χ0) is 13.7. The van der Waals surface area contributed by atoms with E-state index in [4.69, 9.17) is 14.9 Å². The minimum absolute atomic E-state index is 0.0768. The number of aromatic carboxylic acids is 1. The molecule has 19 heavy (non-hydrogen) atoms. The van der Waals surface area contributed by atoms with Crippen molar-refractivity contribution in [3.05, 3.63) is 21.9 Å². The van der Waals surface area contributed by atoms with Crippen molar-refractivity contribution in [3.8, 4) is 0 Å². The minimum Gasteiger partial charge on any atom is -0.477 e. The van der Waals surface area contributed by atoms with Crippen LogP contribution in [0.2, 0.25) is 0 Å². The van der Waals surface area contributed by atoms with Crippen LogP contribution in [0.4, 0.5) is 0 Å². The third-order valence-electron chi connectivity index (χ3n) is 3.23. The fourth-order valence-electron chi connectivity index (χ4n) is 2.25. The van der Waals surface area contributed by atoms with Crippen molar-refractivity contribution in [1.82, 2.24) is 4.90 Å². The molecular formula is C13H19NO4S. The van der Waals surface area contributed by atoms with Gasteiger partial charge in [-0.05, 0) is 25.0 Å². The highest BCUT2D eigenvalue weighted by molar-refractivity contribution is 7.13. The lowest BCUT2D eigenvalue weighted by molar-refractivity contribution is -0.00886. The summed E-state index contributed by atoms with van der Waals surface area (Å²) in [5.41, 5.74) is 0. The average Bonchev–Trinajstić information content (AvgIpc) is 2.87. The number of carboxylic acid groups (broad SMARTS) is 1. The highest BCUT2D eigenvalue weighted by Crippen LogP contribution is 2.21. The van der Waals surface area contributed by atoms with E-state index in [2.05, 4.69) is 4.90 Å². The van der Waals surface area contributed by atoms with Gasteiger partial charge in [-0.15, -0.1) is 11.3 Å². The second kappa shape index (κ2) is 7.00. The maximum atomic E-state index is 10.8. The van der Waals surface area contributed by atoms with Gasteiger partial charge in [0.25, 0.3) is 0 Å². The van der Waals surface area contributed by atoms with Crippen LogP contribution in [0.1, 0.15) is 27.4 Å². The van der Waals surface area contributed by atoms with Gasteiger partial charge < -0.3 is 14.9 Å². The third-order valence-corrected chi connectivity index (χ3v) is 4.29. The monoisotopic (exact) mass is 285 g/mol. The third kappa shape index (κ3) is 4.28. The molecule has 5 nitrogen and oxygen atoms in total. The van der Waals surface area contributed by atoms with Crippen LogP contribution in [0.3, 0.4) is 0 Å². The predicted octanol–water partition coefficient (Wildman–Crippen LogP) is 1.42. The molecule has 0 saturated carbocycles. The highest BCUT2D eigenvalue weighted by atomic mass is 32.1. The second-order valence-corrected chi connectivity index (χ2v) is 5.81. The van der Waals surface area contributed by atoms with Gasteiger partial charge in [0.05, 0.1) is 19.3 Å². The predicted molar refractivity (Wildman–Crippen MR) is 72.6 cm³/mol. The van der Waals surface area contributed by atoms with Crippen LogP contribution in [-0.2, 0) is 11.3 Å². The van der Waals surface area contributed by atoms with Crippen molar-refractivity contribution < 1.29 is 19.7 Å². The normalized spacial score (nSPS) is 17.7. The van der Waals surface area contributed by atoms with Crippen LogP contribution >= 0.6 is 11.3 Å².